The van der Waals surface area contributed by atoms with E-state index >= 15 is 0 Å². The van der Waals surface area contributed by atoms with Crippen molar-refractivity contribution in [3.63, 3.8) is 0 Å². The van der Waals surface area contributed by atoms with E-state index in [1.807, 2.05) is 30.0 Å². The Morgan fingerprint density at radius 1 is 1.13 bits per heavy atom. The summed E-state index contributed by atoms with van der Waals surface area (Å²) >= 11 is 1.56. The number of amides is 1. The van der Waals surface area contributed by atoms with Crippen LogP contribution in [0.5, 0.6) is 0 Å². The molecule has 1 saturated heterocycles. The van der Waals surface area contributed by atoms with Gasteiger partial charge in [-0.05, 0) is 49.8 Å². The number of methoxy groups -OCH3 is 1. The fourth-order valence-electron chi connectivity index (χ4n) is 4.31. The Hall–Kier alpha value is -2.31. The largest absolute Gasteiger partial charge is 0.383 e. The second-order valence-corrected chi connectivity index (χ2v) is 9.55. The second kappa shape index (κ2) is 10.3. The first-order valence-corrected chi connectivity index (χ1v) is 12.0. The van der Waals surface area contributed by atoms with Gasteiger partial charge in [-0.1, -0.05) is 54.2 Å². The van der Waals surface area contributed by atoms with Crippen LogP contribution < -0.4 is 0 Å². The smallest absolute Gasteiger partial charge is 0.235 e. The third-order valence-electron chi connectivity index (χ3n) is 6.06. The molecule has 0 aliphatic carbocycles. The lowest BCUT2D eigenvalue weighted by Crippen LogP contribution is -2.42. The Kier molecular flexibility index (Phi) is 7.30. The van der Waals surface area contributed by atoms with Crippen LogP contribution in [0.1, 0.15) is 25.3 Å². The molecule has 0 saturated carbocycles. The summed E-state index contributed by atoms with van der Waals surface area (Å²) in [4.78, 5) is 20.0. The highest BCUT2D eigenvalue weighted by molar-refractivity contribution is 8.00. The molecule has 2 heterocycles. The number of para-hydroxylation sites is 2. The van der Waals surface area contributed by atoms with Crippen molar-refractivity contribution in [1.29, 1.82) is 0 Å². The number of rotatable bonds is 8. The predicted molar refractivity (Wildman–Crippen MR) is 126 cm³/mol. The molecule has 0 bridgehead atoms. The van der Waals surface area contributed by atoms with Crippen LogP contribution in [-0.4, -0.2) is 52.4 Å². The fraction of sp³-hybridized carbons (Fsp3) is 0.440. The van der Waals surface area contributed by atoms with E-state index in [0.29, 0.717) is 12.5 Å². The van der Waals surface area contributed by atoms with Gasteiger partial charge in [-0.15, -0.1) is 0 Å². The van der Waals surface area contributed by atoms with Gasteiger partial charge in [0.2, 0.25) is 5.91 Å². The molecule has 1 aromatic heterocycles. The minimum atomic E-state index is -0.163. The zero-order valence-electron chi connectivity index (χ0n) is 18.4. The number of hydrogen-bond donors (Lipinski definition) is 0. The van der Waals surface area contributed by atoms with Gasteiger partial charge in [0, 0.05) is 26.7 Å². The van der Waals surface area contributed by atoms with Gasteiger partial charge in [0.05, 0.1) is 22.9 Å². The SMILES string of the molecule is COCCn1c(S[C@H](C)C(=O)N2CCC(Cc3ccccc3)CC2)nc2ccccc21. The molecule has 1 fully saturated rings. The number of aromatic nitrogens is 2. The number of imidazole rings is 1. The summed E-state index contributed by atoms with van der Waals surface area (Å²) in [7, 11) is 1.71. The van der Waals surface area contributed by atoms with E-state index in [1.54, 1.807) is 18.9 Å². The third kappa shape index (κ3) is 5.31. The zero-order valence-corrected chi connectivity index (χ0v) is 19.2. The highest BCUT2D eigenvalue weighted by Gasteiger charge is 2.28. The number of hydrogen-bond acceptors (Lipinski definition) is 4. The minimum absolute atomic E-state index is 0.163. The van der Waals surface area contributed by atoms with E-state index in [0.717, 1.165) is 55.1 Å². The van der Waals surface area contributed by atoms with Crippen molar-refractivity contribution in [3.8, 4) is 0 Å². The maximum atomic E-state index is 13.2. The van der Waals surface area contributed by atoms with E-state index < -0.39 is 0 Å². The summed E-state index contributed by atoms with van der Waals surface area (Å²) in [5.41, 5.74) is 3.44. The monoisotopic (exact) mass is 437 g/mol. The predicted octanol–water partition coefficient (Wildman–Crippen LogP) is 4.64. The third-order valence-corrected chi connectivity index (χ3v) is 7.14. The van der Waals surface area contributed by atoms with Crippen LogP contribution in [-0.2, 0) is 22.5 Å². The Balaban J connectivity index is 1.37. The van der Waals surface area contributed by atoms with Crippen LogP contribution in [0.15, 0.2) is 59.8 Å². The van der Waals surface area contributed by atoms with Crippen molar-refractivity contribution in [1.82, 2.24) is 14.5 Å². The van der Waals surface area contributed by atoms with Gasteiger partial charge < -0.3 is 14.2 Å². The maximum absolute atomic E-state index is 13.2. The number of thioether (sulfide) groups is 1. The van der Waals surface area contributed by atoms with Gasteiger partial charge in [0.1, 0.15) is 0 Å². The molecule has 0 unspecified atom stereocenters. The average molecular weight is 438 g/mol. The summed E-state index contributed by atoms with van der Waals surface area (Å²) in [5.74, 6) is 0.876. The molecule has 4 rings (SSSR count). The van der Waals surface area contributed by atoms with E-state index in [2.05, 4.69) is 41.0 Å². The zero-order chi connectivity index (χ0) is 21.6. The Labute approximate surface area is 188 Å². The Bertz CT molecular complexity index is 996. The number of nitrogens with zero attached hydrogens (tertiary/aromatic N) is 3. The molecule has 164 valence electrons. The molecular formula is C25H31N3O2S. The van der Waals surface area contributed by atoms with Crippen molar-refractivity contribution in [2.75, 3.05) is 26.8 Å². The van der Waals surface area contributed by atoms with Crippen LogP contribution in [0.4, 0.5) is 0 Å². The Morgan fingerprint density at radius 3 is 2.58 bits per heavy atom. The first kappa shape index (κ1) is 21.9. The van der Waals surface area contributed by atoms with Gasteiger partial charge in [0.25, 0.3) is 0 Å². The van der Waals surface area contributed by atoms with Gasteiger partial charge in [-0.2, -0.15) is 0 Å². The lowest BCUT2D eigenvalue weighted by molar-refractivity contribution is -0.131. The first-order chi connectivity index (χ1) is 15.2. The summed E-state index contributed by atoms with van der Waals surface area (Å²) in [6.07, 6.45) is 3.26. The molecule has 1 aliphatic rings. The molecule has 1 amide bonds. The number of fused-ring (bicyclic) bond motifs is 1. The molecule has 5 nitrogen and oxygen atoms in total. The molecule has 6 heteroatoms. The van der Waals surface area contributed by atoms with Crippen LogP contribution in [0, 0.1) is 5.92 Å². The van der Waals surface area contributed by atoms with Gasteiger partial charge >= 0.3 is 0 Å². The second-order valence-electron chi connectivity index (χ2n) is 8.25. The molecule has 2 aromatic carbocycles. The van der Waals surface area contributed by atoms with Crippen molar-refractivity contribution in [3.05, 3.63) is 60.2 Å². The van der Waals surface area contributed by atoms with Gasteiger partial charge in [0.15, 0.2) is 5.16 Å². The summed E-state index contributed by atoms with van der Waals surface area (Å²) in [6.45, 7) is 5.04. The number of piperidine rings is 1. The van der Waals surface area contributed by atoms with Crippen LogP contribution >= 0.6 is 11.8 Å². The normalized spacial score (nSPS) is 16.0. The molecule has 0 radical (unpaired) electrons. The Morgan fingerprint density at radius 2 is 1.84 bits per heavy atom. The fourth-order valence-corrected chi connectivity index (χ4v) is 5.35. The van der Waals surface area contributed by atoms with Crippen LogP contribution in [0.2, 0.25) is 0 Å². The first-order valence-electron chi connectivity index (χ1n) is 11.1. The summed E-state index contributed by atoms with van der Waals surface area (Å²) < 4.78 is 7.45. The number of likely N-dealkylation sites (tertiary alicyclic amines) is 1. The van der Waals surface area contributed by atoms with Crippen molar-refractivity contribution in [2.45, 2.75) is 43.1 Å². The van der Waals surface area contributed by atoms with Crippen molar-refractivity contribution in [2.24, 2.45) is 5.92 Å². The van der Waals surface area contributed by atoms with E-state index in [-0.39, 0.29) is 11.2 Å². The van der Waals surface area contributed by atoms with Gasteiger partial charge in [-0.3, -0.25) is 4.79 Å². The number of ether oxygens (including phenoxy) is 1. The van der Waals surface area contributed by atoms with E-state index in [1.165, 1.54) is 5.56 Å². The van der Waals surface area contributed by atoms with Crippen molar-refractivity contribution >= 4 is 28.7 Å². The molecule has 1 atom stereocenters. The van der Waals surface area contributed by atoms with E-state index in [9.17, 15) is 4.79 Å². The highest BCUT2D eigenvalue weighted by Crippen LogP contribution is 2.29. The maximum Gasteiger partial charge on any atom is 0.235 e. The standard InChI is InChI=1S/C25H31N3O2S/c1-19(31-25-26-22-10-6-7-11-23(22)28(25)16-17-30-2)24(29)27-14-12-21(13-15-27)18-20-8-4-3-5-9-20/h3-11,19,21H,12-18H2,1-2H3/t19-/m1/s1. The minimum Gasteiger partial charge on any atom is -0.383 e. The quantitative estimate of drug-likeness (QED) is 0.482. The highest BCUT2D eigenvalue weighted by atomic mass is 32.2. The molecular weight excluding hydrogens is 406 g/mol. The molecule has 0 N–H and O–H groups in total. The molecule has 1 aliphatic heterocycles. The van der Waals surface area contributed by atoms with Gasteiger partial charge in [-0.25, -0.2) is 4.98 Å². The average Bonchev–Trinajstić information content (AvgIpc) is 3.15. The van der Waals surface area contributed by atoms with Crippen LogP contribution in [0.3, 0.4) is 0 Å². The summed E-state index contributed by atoms with van der Waals surface area (Å²) in [5, 5.41) is 0.724. The topological polar surface area (TPSA) is 47.4 Å². The molecule has 3 aromatic rings. The lowest BCUT2D eigenvalue weighted by atomic mass is 9.90. The number of benzene rings is 2. The number of carbonyl (C=O) groups is 1. The number of carbonyl (C=O) groups excluding carboxylic acids is 1. The molecule has 0 spiro atoms. The van der Waals surface area contributed by atoms with Crippen LogP contribution in [0.25, 0.3) is 11.0 Å². The van der Waals surface area contributed by atoms with Crippen molar-refractivity contribution < 1.29 is 9.53 Å². The summed E-state index contributed by atoms with van der Waals surface area (Å²) in [6, 6.07) is 18.8. The lowest BCUT2D eigenvalue weighted by Gasteiger charge is -2.33. The molecule has 31 heavy (non-hydrogen) atoms. The van der Waals surface area contributed by atoms with E-state index in [4.69, 9.17) is 9.72 Å².